The van der Waals surface area contributed by atoms with Crippen molar-refractivity contribution in [3.05, 3.63) is 59.8 Å². The van der Waals surface area contributed by atoms with Crippen LogP contribution in [0.25, 0.3) is 10.9 Å². The molecular weight excluding hydrogens is 440 g/mol. The summed E-state index contributed by atoms with van der Waals surface area (Å²) in [6.45, 7) is 7.94. The highest BCUT2D eigenvalue weighted by Gasteiger charge is 2.23. The zero-order valence-electron chi connectivity index (χ0n) is 20.5. The van der Waals surface area contributed by atoms with Crippen LogP contribution in [0.3, 0.4) is 0 Å². The summed E-state index contributed by atoms with van der Waals surface area (Å²) >= 11 is 0. The number of rotatable bonds is 7. The molecule has 3 aromatic rings. The van der Waals surface area contributed by atoms with E-state index in [1.807, 2.05) is 55.5 Å². The van der Waals surface area contributed by atoms with Crippen molar-refractivity contribution in [2.75, 3.05) is 39.3 Å². The average molecular weight is 477 g/mol. The third-order valence-corrected chi connectivity index (χ3v) is 7.22. The Balaban J connectivity index is 1.14. The van der Waals surface area contributed by atoms with Crippen LogP contribution in [0.5, 0.6) is 11.5 Å². The zero-order valence-corrected chi connectivity index (χ0v) is 20.5. The first-order valence-corrected chi connectivity index (χ1v) is 12.8. The van der Waals surface area contributed by atoms with Crippen molar-refractivity contribution in [1.29, 1.82) is 0 Å². The summed E-state index contributed by atoms with van der Waals surface area (Å²) in [6, 6.07) is 15.9. The highest BCUT2D eigenvalue weighted by Crippen LogP contribution is 2.31. The summed E-state index contributed by atoms with van der Waals surface area (Å²) in [4.78, 5) is 21.1. The number of piperidine rings is 2. The molecule has 2 aromatic carbocycles. The van der Waals surface area contributed by atoms with Gasteiger partial charge in [0.15, 0.2) is 0 Å². The van der Waals surface area contributed by atoms with Crippen molar-refractivity contribution in [3.63, 3.8) is 0 Å². The van der Waals surface area contributed by atoms with Crippen LogP contribution < -0.4 is 10.1 Å². The minimum atomic E-state index is -0.167. The molecule has 0 spiro atoms. The number of nitrogens with one attached hydrogen (secondary N) is 2. The lowest BCUT2D eigenvalue weighted by molar-refractivity contribution is 0.0617. The first-order valence-electron chi connectivity index (χ1n) is 12.8. The fraction of sp³-hybridized carbons (Fsp3) is 0.464. The predicted octanol–water partition coefficient (Wildman–Crippen LogP) is 3.92. The van der Waals surface area contributed by atoms with Crippen LogP contribution in [0.1, 0.15) is 41.7 Å². The van der Waals surface area contributed by atoms with E-state index in [9.17, 15) is 9.90 Å². The third kappa shape index (κ3) is 6.04. The number of H-pyrrole nitrogens is 1. The number of benzene rings is 2. The van der Waals surface area contributed by atoms with E-state index in [1.54, 1.807) is 0 Å². The number of aromatic amines is 1. The molecule has 1 aromatic heterocycles. The van der Waals surface area contributed by atoms with Gasteiger partial charge in [0.05, 0.1) is 6.10 Å². The largest absolute Gasteiger partial charge is 0.457 e. The molecule has 2 aliphatic heterocycles. The molecule has 0 saturated carbocycles. The number of carbonyl (C=O) groups excluding carboxylic acids is 1. The number of likely N-dealkylation sites (tertiary alicyclic amines) is 2. The van der Waals surface area contributed by atoms with E-state index in [-0.39, 0.29) is 18.1 Å². The molecule has 1 amide bonds. The van der Waals surface area contributed by atoms with Crippen molar-refractivity contribution in [3.8, 4) is 11.5 Å². The number of fused-ring (bicyclic) bond motifs is 1. The molecular formula is C28H36N4O3. The van der Waals surface area contributed by atoms with Gasteiger partial charge in [0.2, 0.25) is 0 Å². The second-order valence-electron chi connectivity index (χ2n) is 10.0. The monoisotopic (exact) mass is 476 g/mol. The molecule has 35 heavy (non-hydrogen) atoms. The van der Waals surface area contributed by atoms with E-state index in [1.165, 1.54) is 0 Å². The minimum absolute atomic E-state index is 0.0662. The number of aromatic nitrogens is 1. The molecule has 5 rings (SSSR count). The van der Waals surface area contributed by atoms with Crippen molar-refractivity contribution in [2.24, 2.45) is 0 Å². The van der Waals surface area contributed by atoms with Crippen LogP contribution in [0, 0.1) is 6.92 Å². The summed E-state index contributed by atoms with van der Waals surface area (Å²) in [5.74, 6) is 1.45. The van der Waals surface area contributed by atoms with Crippen LogP contribution >= 0.6 is 0 Å². The number of hydrogen-bond acceptors (Lipinski definition) is 5. The van der Waals surface area contributed by atoms with E-state index in [0.29, 0.717) is 5.69 Å². The minimum Gasteiger partial charge on any atom is -0.457 e. The summed E-state index contributed by atoms with van der Waals surface area (Å²) in [5.41, 5.74) is 2.59. The molecule has 186 valence electrons. The number of ether oxygens (including phenoxy) is 1. The summed E-state index contributed by atoms with van der Waals surface area (Å²) < 4.78 is 6.13. The maximum atomic E-state index is 13.0. The molecule has 0 radical (unpaired) electrons. The van der Waals surface area contributed by atoms with E-state index >= 15 is 0 Å². The second-order valence-corrected chi connectivity index (χ2v) is 10.0. The standard InChI is InChI=1S/C28H36N4O3/c1-20-5-2-7-23(17-20)35-27-9-3-8-25-24(27)18-26(30-25)28(34)29-21-10-13-31(14-11-21)15-16-32-12-4-6-22(33)19-32/h2-3,5,7-9,17-18,21-22,30,33H,4,6,10-16,19H2,1H3,(H,29,34). The van der Waals surface area contributed by atoms with Gasteiger partial charge in [-0.2, -0.15) is 0 Å². The third-order valence-electron chi connectivity index (χ3n) is 7.22. The van der Waals surface area contributed by atoms with Gasteiger partial charge < -0.3 is 25.0 Å². The average Bonchev–Trinajstić information content (AvgIpc) is 3.30. The normalized spacial score (nSPS) is 20.2. The molecule has 1 unspecified atom stereocenters. The van der Waals surface area contributed by atoms with Crippen LogP contribution in [0.15, 0.2) is 48.5 Å². The van der Waals surface area contributed by atoms with Crippen LogP contribution in [-0.2, 0) is 0 Å². The number of aliphatic hydroxyl groups excluding tert-OH is 1. The lowest BCUT2D eigenvalue weighted by Gasteiger charge is -2.35. The highest BCUT2D eigenvalue weighted by atomic mass is 16.5. The Hall–Kier alpha value is -2.87. The Kier molecular flexibility index (Phi) is 7.37. The van der Waals surface area contributed by atoms with Crippen molar-refractivity contribution in [2.45, 2.75) is 44.8 Å². The first-order chi connectivity index (χ1) is 17.0. The number of carbonyl (C=O) groups is 1. The second kappa shape index (κ2) is 10.8. The van der Waals surface area contributed by atoms with Crippen LogP contribution in [0.2, 0.25) is 0 Å². The Morgan fingerprint density at radius 1 is 1.06 bits per heavy atom. The molecule has 0 bridgehead atoms. The quantitative estimate of drug-likeness (QED) is 0.482. The van der Waals surface area contributed by atoms with Crippen LogP contribution in [-0.4, -0.2) is 77.2 Å². The lowest BCUT2D eigenvalue weighted by Crippen LogP contribution is -2.47. The topological polar surface area (TPSA) is 80.8 Å². The maximum absolute atomic E-state index is 13.0. The zero-order chi connectivity index (χ0) is 24.2. The van der Waals surface area contributed by atoms with E-state index in [4.69, 9.17) is 4.74 Å². The number of nitrogens with zero attached hydrogens (tertiary/aromatic N) is 2. The number of aryl methyl sites for hydroxylation is 1. The van der Waals surface area contributed by atoms with Gasteiger partial charge in [0.25, 0.3) is 5.91 Å². The Morgan fingerprint density at radius 2 is 1.86 bits per heavy atom. The molecule has 3 heterocycles. The smallest absolute Gasteiger partial charge is 0.267 e. The van der Waals surface area contributed by atoms with E-state index in [2.05, 4.69) is 20.1 Å². The Morgan fingerprint density at radius 3 is 2.66 bits per heavy atom. The molecule has 1 atom stereocenters. The molecule has 7 nitrogen and oxygen atoms in total. The van der Waals surface area contributed by atoms with Gasteiger partial charge in [0.1, 0.15) is 17.2 Å². The van der Waals surface area contributed by atoms with Gasteiger partial charge in [-0.15, -0.1) is 0 Å². The predicted molar refractivity (Wildman–Crippen MR) is 138 cm³/mol. The Labute approximate surface area is 207 Å². The van der Waals surface area contributed by atoms with Crippen LogP contribution in [0.4, 0.5) is 0 Å². The number of aliphatic hydroxyl groups is 1. The molecule has 0 aliphatic carbocycles. The van der Waals surface area contributed by atoms with E-state index < -0.39 is 0 Å². The van der Waals surface area contributed by atoms with Gasteiger partial charge >= 0.3 is 0 Å². The molecule has 7 heteroatoms. The molecule has 3 N–H and O–H groups in total. The fourth-order valence-electron chi connectivity index (χ4n) is 5.23. The van der Waals surface area contributed by atoms with Crippen molar-refractivity contribution < 1.29 is 14.6 Å². The fourth-order valence-corrected chi connectivity index (χ4v) is 5.23. The summed E-state index contributed by atoms with van der Waals surface area (Å²) in [5, 5.41) is 14.0. The van der Waals surface area contributed by atoms with Gasteiger partial charge in [-0.1, -0.05) is 18.2 Å². The summed E-state index contributed by atoms with van der Waals surface area (Å²) in [7, 11) is 0. The van der Waals surface area contributed by atoms with Crippen molar-refractivity contribution >= 4 is 16.8 Å². The van der Waals surface area contributed by atoms with E-state index in [0.717, 1.165) is 92.9 Å². The highest BCUT2D eigenvalue weighted by molar-refractivity contribution is 5.99. The number of hydrogen-bond donors (Lipinski definition) is 3. The summed E-state index contributed by atoms with van der Waals surface area (Å²) in [6.07, 6.45) is 3.76. The lowest BCUT2D eigenvalue weighted by atomic mass is 10.0. The molecule has 2 fully saturated rings. The number of β-amino-alcohol motifs (C(OH)–C–C–N with tert-alkyl or cyclic N) is 1. The van der Waals surface area contributed by atoms with Crippen molar-refractivity contribution in [1.82, 2.24) is 20.1 Å². The van der Waals surface area contributed by atoms with Gasteiger partial charge in [0, 0.05) is 49.7 Å². The first kappa shape index (κ1) is 23.9. The SMILES string of the molecule is Cc1cccc(Oc2cccc3[nH]c(C(=O)NC4CCN(CCN5CCCC(O)C5)CC4)cc23)c1. The molecule has 2 aliphatic rings. The van der Waals surface area contributed by atoms with Gasteiger partial charge in [-0.05, 0) is 75.0 Å². The van der Waals surface area contributed by atoms with Gasteiger partial charge in [-0.25, -0.2) is 0 Å². The van der Waals surface area contributed by atoms with Gasteiger partial charge in [-0.3, -0.25) is 9.69 Å². The number of amides is 1. The Bertz CT molecular complexity index is 1150. The maximum Gasteiger partial charge on any atom is 0.267 e. The molecule has 2 saturated heterocycles.